The average molecular weight is 604 g/mol. The van der Waals surface area contributed by atoms with E-state index in [1.54, 1.807) is 66.7 Å². The van der Waals surface area contributed by atoms with Crippen LogP contribution in [-0.4, -0.2) is 44.3 Å². The number of nitrogens with zero attached hydrogens (tertiary/aromatic N) is 2. The number of rotatable bonds is 13. The van der Waals surface area contributed by atoms with E-state index < -0.39 is 28.5 Å². The predicted octanol–water partition coefficient (Wildman–Crippen LogP) is 5.70. The largest absolute Gasteiger partial charge is 0.354 e. The molecule has 9 heteroatoms. The molecule has 4 aromatic rings. The molecule has 1 atom stereocenters. The van der Waals surface area contributed by atoms with Crippen molar-refractivity contribution < 1.29 is 18.0 Å². The van der Waals surface area contributed by atoms with E-state index in [9.17, 15) is 18.0 Å². The standard InChI is InChI=1S/C33H34ClN3O4S/c1-2-21-35-33(39)31(23-26-13-6-3-7-14-26)36(24-27-15-12-16-28(34)22-27)32(38)25-37(29-17-8-4-9-18-29)42(40,41)30-19-10-5-11-20-30/h3-20,22,31H,2,21,23-25H2,1H3,(H,35,39). The van der Waals surface area contributed by atoms with Gasteiger partial charge in [0.1, 0.15) is 12.6 Å². The normalized spacial score (nSPS) is 11.9. The summed E-state index contributed by atoms with van der Waals surface area (Å²) < 4.78 is 28.9. The molecule has 0 saturated carbocycles. The molecule has 0 aliphatic rings. The van der Waals surface area contributed by atoms with E-state index in [1.807, 2.05) is 43.3 Å². The van der Waals surface area contributed by atoms with Crippen molar-refractivity contribution in [3.05, 3.63) is 131 Å². The summed E-state index contributed by atoms with van der Waals surface area (Å²) in [6.07, 6.45) is 0.975. The first-order valence-corrected chi connectivity index (χ1v) is 15.6. The molecule has 0 aliphatic heterocycles. The summed E-state index contributed by atoms with van der Waals surface area (Å²) in [6.45, 7) is 1.95. The number of anilines is 1. The van der Waals surface area contributed by atoms with Gasteiger partial charge in [0, 0.05) is 24.5 Å². The van der Waals surface area contributed by atoms with Crippen molar-refractivity contribution in [2.75, 3.05) is 17.4 Å². The van der Waals surface area contributed by atoms with Gasteiger partial charge in [-0.3, -0.25) is 13.9 Å². The Labute approximate surface area is 252 Å². The molecule has 0 radical (unpaired) electrons. The van der Waals surface area contributed by atoms with Crippen molar-refractivity contribution in [1.82, 2.24) is 10.2 Å². The molecule has 0 saturated heterocycles. The van der Waals surface area contributed by atoms with Gasteiger partial charge in [0.15, 0.2) is 0 Å². The van der Waals surface area contributed by atoms with Crippen molar-refractivity contribution in [1.29, 1.82) is 0 Å². The number of halogens is 1. The summed E-state index contributed by atoms with van der Waals surface area (Å²) in [5.41, 5.74) is 1.93. The fourth-order valence-electron chi connectivity index (χ4n) is 4.59. The summed E-state index contributed by atoms with van der Waals surface area (Å²) in [5.74, 6) is -0.834. The van der Waals surface area contributed by atoms with Gasteiger partial charge < -0.3 is 10.2 Å². The Bertz CT molecular complexity index is 1570. The van der Waals surface area contributed by atoms with Crippen LogP contribution in [0.25, 0.3) is 0 Å². The summed E-state index contributed by atoms with van der Waals surface area (Å²) in [7, 11) is -4.12. The van der Waals surface area contributed by atoms with Gasteiger partial charge in [-0.15, -0.1) is 0 Å². The van der Waals surface area contributed by atoms with E-state index in [0.717, 1.165) is 21.9 Å². The van der Waals surface area contributed by atoms with Crippen LogP contribution in [0.4, 0.5) is 5.69 Å². The summed E-state index contributed by atoms with van der Waals surface area (Å²) in [4.78, 5) is 29.4. The third kappa shape index (κ3) is 7.99. The number of sulfonamides is 1. The average Bonchev–Trinajstić information content (AvgIpc) is 3.01. The minimum absolute atomic E-state index is 0.0598. The van der Waals surface area contributed by atoms with E-state index in [2.05, 4.69) is 5.32 Å². The minimum atomic E-state index is -4.12. The second-order valence-corrected chi connectivity index (χ2v) is 12.1. The number of carbonyl (C=O) groups excluding carboxylic acids is 2. The van der Waals surface area contributed by atoms with Gasteiger partial charge in [-0.2, -0.15) is 0 Å². The lowest BCUT2D eigenvalue weighted by atomic mass is 10.0. The van der Waals surface area contributed by atoms with Crippen LogP contribution in [0.5, 0.6) is 0 Å². The second kappa shape index (κ2) is 14.7. The molecule has 0 aliphatic carbocycles. The highest BCUT2D eigenvalue weighted by Gasteiger charge is 2.34. The molecule has 7 nitrogen and oxygen atoms in total. The molecule has 1 unspecified atom stereocenters. The van der Waals surface area contributed by atoms with Crippen LogP contribution in [0, 0.1) is 0 Å². The Hall–Kier alpha value is -4.14. The molecule has 42 heavy (non-hydrogen) atoms. The van der Waals surface area contributed by atoms with Crippen LogP contribution < -0.4 is 9.62 Å². The number of carbonyl (C=O) groups is 2. The van der Waals surface area contributed by atoms with Crippen LogP contribution in [0.2, 0.25) is 5.02 Å². The zero-order chi connectivity index (χ0) is 30.0. The number of amides is 2. The fraction of sp³-hybridized carbons (Fsp3) is 0.212. The zero-order valence-electron chi connectivity index (χ0n) is 23.4. The van der Waals surface area contributed by atoms with Gasteiger partial charge in [-0.25, -0.2) is 8.42 Å². The van der Waals surface area contributed by atoms with Crippen LogP contribution in [0.3, 0.4) is 0 Å². The molecule has 0 heterocycles. The highest BCUT2D eigenvalue weighted by atomic mass is 35.5. The number of hydrogen-bond donors (Lipinski definition) is 1. The second-order valence-electron chi connectivity index (χ2n) is 9.81. The SMILES string of the molecule is CCCNC(=O)C(Cc1ccccc1)N(Cc1cccc(Cl)c1)C(=O)CN(c1ccccc1)S(=O)(=O)c1ccccc1. The quantitative estimate of drug-likeness (QED) is 0.212. The smallest absolute Gasteiger partial charge is 0.264 e. The molecule has 2 amide bonds. The maximum atomic E-state index is 14.3. The van der Waals surface area contributed by atoms with Gasteiger partial charge >= 0.3 is 0 Å². The van der Waals surface area contributed by atoms with E-state index >= 15 is 0 Å². The number of para-hydroxylation sites is 1. The summed E-state index contributed by atoms with van der Waals surface area (Å²) in [5, 5.41) is 3.43. The molecule has 4 rings (SSSR count). The number of hydrogen-bond acceptors (Lipinski definition) is 4. The lowest BCUT2D eigenvalue weighted by molar-refractivity contribution is -0.140. The van der Waals surface area contributed by atoms with Crippen molar-refractivity contribution in [3.63, 3.8) is 0 Å². The van der Waals surface area contributed by atoms with Crippen molar-refractivity contribution in [2.24, 2.45) is 0 Å². The molecular formula is C33H34ClN3O4S. The van der Waals surface area contributed by atoms with Gasteiger partial charge in [-0.1, -0.05) is 97.4 Å². The maximum absolute atomic E-state index is 14.3. The van der Waals surface area contributed by atoms with Gasteiger partial charge in [0.05, 0.1) is 10.6 Å². The van der Waals surface area contributed by atoms with Crippen LogP contribution >= 0.6 is 11.6 Å². The molecule has 0 aromatic heterocycles. The van der Waals surface area contributed by atoms with E-state index in [-0.39, 0.29) is 23.8 Å². The van der Waals surface area contributed by atoms with Gasteiger partial charge in [0.25, 0.3) is 10.0 Å². The molecule has 0 bridgehead atoms. The topological polar surface area (TPSA) is 86.8 Å². The lowest BCUT2D eigenvalue weighted by Crippen LogP contribution is -2.53. The van der Waals surface area contributed by atoms with Crippen LogP contribution in [0.1, 0.15) is 24.5 Å². The van der Waals surface area contributed by atoms with Crippen molar-refractivity contribution >= 4 is 39.1 Å². The minimum Gasteiger partial charge on any atom is -0.354 e. The maximum Gasteiger partial charge on any atom is 0.264 e. The van der Waals surface area contributed by atoms with Gasteiger partial charge in [-0.05, 0) is 53.9 Å². The highest BCUT2D eigenvalue weighted by molar-refractivity contribution is 7.92. The highest BCUT2D eigenvalue weighted by Crippen LogP contribution is 2.25. The van der Waals surface area contributed by atoms with E-state index in [0.29, 0.717) is 17.3 Å². The fourth-order valence-corrected chi connectivity index (χ4v) is 6.24. The van der Waals surface area contributed by atoms with Crippen molar-refractivity contribution in [2.45, 2.75) is 37.2 Å². The summed E-state index contributed by atoms with van der Waals surface area (Å²) in [6, 6.07) is 32.1. The Morgan fingerprint density at radius 3 is 2.02 bits per heavy atom. The molecule has 218 valence electrons. The Morgan fingerprint density at radius 1 is 0.810 bits per heavy atom. The molecular weight excluding hydrogens is 570 g/mol. The van der Waals surface area contributed by atoms with Gasteiger partial charge in [0.2, 0.25) is 11.8 Å². The van der Waals surface area contributed by atoms with Crippen LogP contribution in [-0.2, 0) is 32.6 Å². The van der Waals surface area contributed by atoms with Crippen molar-refractivity contribution in [3.8, 4) is 0 Å². The Balaban J connectivity index is 1.77. The molecule has 4 aromatic carbocycles. The molecule has 1 N–H and O–H groups in total. The Kier molecular flexibility index (Phi) is 10.8. The zero-order valence-corrected chi connectivity index (χ0v) is 25.0. The van der Waals surface area contributed by atoms with E-state index in [4.69, 9.17) is 11.6 Å². The number of benzene rings is 4. The summed E-state index contributed by atoms with van der Waals surface area (Å²) >= 11 is 6.27. The monoisotopic (exact) mass is 603 g/mol. The van der Waals surface area contributed by atoms with E-state index in [1.165, 1.54) is 17.0 Å². The lowest BCUT2D eigenvalue weighted by Gasteiger charge is -2.34. The third-order valence-electron chi connectivity index (χ3n) is 6.72. The first-order valence-electron chi connectivity index (χ1n) is 13.8. The van der Waals surface area contributed by atoms with Crippen LogP contribution in [0.15, 0.2) is 120 Å². The Morgan fingerprint density at radius 2 is 1.40 bits per heavy atom. The third-order valence-corrected chi connectivity index (χ3v) is 8.74. The molecule has 0 spiro atoms. The predicted molar refractivity (Wildman–Crippen MR) is 167 cm³/mol. The first-order chi connectivity index (χ1) is 20.3. The first kappa shape index (κ1) is 30.8. The molecule has 0 fully saturated rings. The number of nitrogens with one attached hydrogen (secondary N) is 1.